The van der Waals surface area contributed by atoms with E-state index in [9.17, 15) is 0 Å². The number of nitrogens with zero attached hydrogens (tertiary/aromatic N) is 3. The number of aromatic nitrogens is 2. The van der Waals surface area contributed by atoms with Gasteiger partial charge in [-0.1, -0.05) is 26.7 Å². The lowest BCUT2D eigenvalue weighted by atomic mass is 9.79. The Kier molecular flexibility index (Phi) is 6.24. The van der Waals surface area contributed by atoms with Gasteiger partial charge in [-0.3, -0.25) is 9.58 Å². The fraction of sp³-hybridized carbons (Fsp3) is 0.824. The molecule has 1 aliphatic carbocycles. The van der Waals surface area contributed by atoms with Crippen LogP contribution in [0.3, 0.4) is 0 Å². The van der Waals surface area contributed by atoms with Crippen molar-refractivity contribution < 1.29 is 0 Å². The molecule has 0 radical (unpaired) electrons. The Morgan fingerprint density at radius 3 is 2.81 bits per heavy atom. The Morgan fingerprint density at radius 2 is 2.19 bits per heavy atom. The molecule has 0 spiro atoms. The second-order valence-electron chi connectivity index (χ2n) is 6.64. The van der Waals surface area contributed by atoms with E-state index in [-0.39, 0.29) is 0 Å². The molecule has 120 valence electrons. The predicted molar refractivity (Wildman–Crippen MR) is 88.2 cm³/mol. The van der Waals surface area contributed by atoms with Crippen LogP contribution >= 0.6 is 0 Å². The normalized spacial score (nSPS) is 26.4. The van der Waals surface area contributed by atoms with Crippen LogP contribution in [0, 0.1) is 5.92 Å². The van der Waals surface area contributed by atoms with Gasteiger partial charge < -0.3 is 5.32 Å². The van der Waals surface area contributed by atoms with Gasteiger partial charge in [0.25, 0.3) is 0 Å². The Morgan fingerprint density at radius 1 is 1.38 bits per heavy atom. The minimum Gasteiger partial charge on any atom is -0.313 e. The van der Waals surface area contributed by atoms with Gasteiger partial charge in [0.1, 0.15) is 0 Å². The van der Waals surface area contributed by atoms with Crippen molar-refractivity contribution in [2.24, 2.45) is 13.0 Å². The Hall–Kier alpha value is -0.870. The zero-order valence-corrected chi connectivity index (χ0v) is 14.2. The summed E-state index contributed by atoms with van der Waals surface area (Å²) in [5.41, 5.74) is 1.31. The maximum absolute atomic E-state index is 4.29. The molecule has 0 amide bonds. The molecule has 4 nitrogen and oxygen atoms in total. The highest BCUT2D eigenvalue weighted by Crippen LogP contribution is 2.31. The monoisotopic (exact) mass is 292 g/mol. The van der Waals surface area contributed by atoms with Crippen LogP contribution in [0.5, 0.6) is 0 Å². The van der Waals surface area contributed by atoms with E-state index in [4.69, 9.17) is 0 Å². The lowest BCUT2D eigenvalue weighted by molar-refractivity contribution is 0.111. The van der Waals surface area contributed by atoms with Gasteiger partial charge >= 0.3 is 0 Å². The van der Waals surface area contributed by atoms with Crippen LogP contribution in [0.15, 0.2) is 12.4 Å². The molecule has 3 unspecified atom stereocenters. The number of hydrogen-bond donors (Lipinski definition) is 1. The molecule has 1 fully saturated rings. The second kappa shape index (κ2) is 7.95. The number of likely N-dealkylation sites (N-methyl/N-ethyl adjacent to an activating group) is 2. The molecule has 0 aliphatic heterocycles. The van der Waals surface area contributed by atoms with Crippen molar-refractivity contribution >= 4 is 0 Å². The summed E-state index contributed by atoms with van der Waals surface area (Å²) in [6.07, 6.45) is 10.9. The molecule has 0 saturated heterocycles. The van der Waals surface area contributed by atoms with Gasteiger partial charge in [-0.2, -0.15) is 5.10 Å². The summed E-state index contributed by atoms with van der Waals surface area (Å²) in [5, 5.41) is 8.00. The minimum absolute atomic E-state index is 0.643. The van der Waals surface area contributed by atoms with Crippen LogP contribution < -0.4 is 5.32 Å². The number of hydrogen-bond acceptors (Lipinski definition) is 3. The van der Waals surface area contributed by atoms with Crippen molar-refractivity contribution in [2.75, 3.05) is 13.6 Å². The molecule has 1 saturated carbocycles. The van der Waals surface area contributed by atoms with Gasteiger partial charge in [-0.05, 0) is 38.8 Å². The van der Waals surface area contributed by atoms with Crippen molar-refractivity contribution in [1.29, 1.82) is 0 Å². The first-order valence-electron chi connectivity index (χ1n) is 8.55. The van der Waals surface area contributed by atoms with Crippen LogP contribution in [-0.4, -0.2) is 40.4 Å². The fourth-order valence-corrected chi connectivity index (χ4v) is 3.85. The van der Waals surface area contributed by atoms with Crippen LogP contribution in [0.2, 0.25) is 0 Å². The first-order valence-corrected chi connectivity index (χ1v) is 8.55. The zero-order valence-electron chi connectivity index (χ0n) is 14.2. The predicted octanol–water partition coefficient (Wildman–Crippen LogP) is 2.80. The molecule has 1 aliphatic rings. The molecule has 2 rings (SSSR count). The van der Waals surface area contributed by atoms with Gasteiger partial charge in [-0.15, -0.1) is 0 Å². The first-order chi connectivity index (χ1) is 10.1. The third-order valence-corrected chi connectivity index (χ3v) is 4.84. The summed E-state index contributed by atoms with van der Waals surface area (Å²) in [4.78, 5) is 2.53. The molecule has 3 atom stereocenters. The Bertz CT molecular complexity index is 415. The SMILES string of the molecule is CCCC1CCC(NCC)C(N(C)Cc2cnn(C)c2)C1. The number of rotatable bonds is 7. The van der Waals surface area contributed by atoms with Gasteiger partial charge in [0.15, 0.2) is 0 Å². The average molecular weight is 292 g/mol. The van der Waals surface area contributed by atoms with E-state index >= 15 is 0 Å². The lowest BCUT2D eigenvalue weighted by Crippen LogP contribution is -2.51. The Balaban J connectivity index is 1.99. The van der Waals surface area contributed by atoms with Crippen LogP contribution in [-0.2, 0) is 13.6 Å². The quantitative estimate of drug-likeness (QED) is 0.839. The highest BCUT2D eigenvalue weighted by atomic mass is 15.2. The topological polar surface area (TPSA) is 33.1 Å². The molecule has 1 heterocycles. The van der Waals surface area contributed by atoms with E-state index in [1.807, 2.05) is 17.9 Å². The third kappa shape index (κ3) is 4.55. The number of nitrogens with one attached hydrogen (secondary N) is 1. The van der Waals surface area contributed by atoms with Crippen LogP contribution in [0.25, 0.3) is 0 Å². The maximum atomic E-state index is 4.29. The molecule has 1 N–H and O–H groups in total. The molecule has 1 aromatic rings. The van der Waals surface area contributed by atoms with Crippen molar-refractivity contribution in [3.05, 3.63) is 18.0 Å². The van der Waals surface area contributed by atoms with Gasteiger partial charge in [0.05, 0.1) is 6.20 Å². The molecule has 0 bridgehead atoms. The van der Waals surface area contributed by atoms with E-state index in [0.717, 1.165) is 19.0 Å². The summed E-state index contributed by atoms with van der Waals surface area (Å²) in [7, 11) is 4.26. The molecule has 21 heavy (non-hydrogen) atoms. The number of aryl methyl sites for hydroxylation is 1. The summed E-state index contributed by atoms with van der Waals surface area (Å²) >= 11 is 0. The lowest BCUT2D eigenvalue weighted by Gasteiger charge is -2.41. The average Bonchev–Trinajstić information content (AvgIpc) is 2.86. The Labute approximate surface area is 129 Å². The van der Waals surface area contributed by atoms with Crippen molar-refractivity contribution in [2.45, 2.75) is 64.6 Å². The minimum atomic E-state index is 0.643. The standard InChI is InChI=1S/C17H32N4/c1-5-7-14-8-9-16(18-6-2)17(10-14)20(3)12-15-11-19-21(4)13-15/h11,13-14,16-18H,5-10,12H2,1-4H3. The highest BCUT2D eigenvalue weighted by molar-refractivity contribution is 5.04. The van der Waals surface area contributed by atoms with E-state index < -0.39 is 0 Å². The smallest absolute Gasteiger partial charge is 0.0534 e. The van der Waals surface area contributed by atoms with Crippen LogP contribution in [0.1, 0.15) is 51.5 Å². The maximum Gasteiger partial charge on any atom is 0.0534 e. The van der Waals surface area contributed by atoms with Crippen LogP contribution in [0.4, 0.5) is 0 Å². The fourth-order valence-electron chi connectivity index (χ4n) is 3.85. The second-order valence-corrected chi connectivity index (χ2v) is 6.64. The summed E-state index contributed by atoms with van der Waals surface area (Å²) in [6, 6.07) is 1.29. The highest BCUT2D eigenvalue weighted by Gasteiger charge is 2.32. The van der Waals surface area contributed by atoms with E-state index in [2.05, 4.69) is 42.4 Å². The summed E-state index contributed by atoms with van der Waals surface area (Å²) in [6.45, 7) is 6.60. The van der Waals surface area contributed by atoms with E-state index in [1.54, 1.807) is 0 Å². The van der Waals surface area contributed by atoms with Gasteiger partial charge in [0, 0.05) is 37.4 Å². The summed E-state index contributed by atoms with van der Waals surface area (Å²) in [5.74, 6) is 0.909. The van der Waals surface area contributed by atoms with Crippen molar-refractivity contribution in [3.63, 3.8) is 0 Å². The van der Waals surface area contributed by atoms with Gasteiger partial charge in [-0.25, -0.2) is 0 Å². The largest absolute Gasteiger partial charge is 0.313 e. The van der Waals surface area contributed by atoms with Gasteiger partial charge in [0.2, 0.25) is 0 Å². The van der Waals surface area contributed by atoms with Crippen molar-refractivity contribution in [3.8, 4) is 0 Å². The summed E-state index contributed by atoms with van der Waals surface area (Å²) < 4.78 is 1.89. The van der Waals surface area contributed by atoms with E-state index in [1.165, 1.54) is 37.7 Å². The first kappa shape index (κ1) is 16.5. The van der Waals surface area contributed by atoms with E-state index in [0.29, 0.717) is 12.1 Å². The molecule has 4 heteroatoms. The molecular weight excluding hydrogens is 260 g/mol. The van der Waals surface area contributed by atoms with Crippen molar-refractivity contribution in [1.82, 2.24) is 20.0 Å². The third-order valence-electron chi connectivity index (χ3n) is 4.84. The molecule has 1 aromatic heterocycles. The zero-order chi connectivity index (χ0) is 15.2. The molecule has 0 aromatic carbocycles. The molecular formula is C17H32N4.